The van der Waals surface area contributed by atoms with Crippen molar-refractivity contribution in [3.05, 3.63) is 46.8 Å². The fourth-order valence-electron chi connectivity index (χ4n) is 1.95. The molecule has 0 aliphatic rings. The molecule has 6 nitrogen and oxygen atoms in total. The van der Waals surface area contributed by atoms with E-state index in [-0.39, 0.29) is 12.5 Å². The second-order valence-corrected chi connectivity index (χ2v) is 4.95. The molecule has 2 aromatic rings. The largest absolute Gasteiger partial charge is 0.489 e. The first-order valence-electron chi connectivity index (χ1n) is 7.15. The first-order valence-corrected chi connectivity index (χ1v) is 7.15. The van der Waals surface area contributed by atoms with Crippen LogP contribution in [0.4, 0.5) is 0 Å². The van der Waals surface area contributed by atoms with Crippen molar-refractivity contribution in [3.63, 3.8) is 0 Å². The van der Waals surface area contributed by atoms with Crippen molar-refractivity contribution in [2.45, 2.75) is 26.9 Å². The van der Waals surface area contributed by atoms with Crippen LogP contribution in [0.5, 0.6) is 5.75 Å². The van der Waals surface area contributed by atoms with Gasteiger partial charge < -0.3 is 19.7 Å². The van der Waals surface area contributed by atoms with Crippen LogP contribution in [0.15, 0.2) is 28.8 Å². The number of nitrogens with one attached hydrogen (secondary N) is 1. The molecule has 0 aliphatic carbocycles. The molecule has 1 aromatic carbocycles. The summed E-state index contributed by atoms with van der Waals surface area (Å²) in [5.41, 5.74) is 2.31. The van der Waals surface area contributed by atoms with E-state index in [4.69, 9.17) is 14.4 Å². The zero-order chi connectivity index (χ0) is 15.9. The number of rotatable bonds is 7. The van der Waals surface area contributed by atoms with Gasteiger partial charge in [0.2, 0.25) is 0 Å². The van der Waals surface area contributed by atoms with Crippen molar-refractivity contribution < 1.29 is 19.2 Å². The highest BCUT2D eigenvalue weighted by Crippen LogP contribution is 2.17. The molecule has 1 amide bonds. The molecule has 0 saturated heterocycles. The van der Waals surface area contributed by atoms with Gasteiger partial charge in [0.15, 0.2) is 0 Å². The Morgan fingerprint density at radius 2 is 2.05 bits per heavy atom. The molecule has 22 heavy (non-hydrogen) atoms. The van der Waals surface area contributed by atoms with Gasteiger partial charge in [0.25, 0.3) is 5.91 Å². The number of hydrogen-bond donors (Lipinski definition) is 2. The van der Waals surface area contributed by atoms with Crippen molar-refractivity contribution >= 4 is 5.91 Å². The fourth-order valence-corrected chi connectivity index (χ4v) is 1.95. The third-order valence-corrected chi connectivity index (χ3v) is 3.30. The summed E-state index contributed by atoms with van der Waals surface area (Å²) in [6.07, 6.45) is 0.546. The number of aliphatic hydroxyl groups is 1. The number of aromatic nitrogens is 1. The lowest BCUT2D eigenvalue weighted by atomic mass is 10.2. The lowest BCUT2D eigenvalue weighted by molar-refractivity contribution is 0.0951. The lowest BCUT2D eigenvalue weighted by Crippen LogP contribution is -2.24. The first-order chi connectivity index (χ1) is 10.6. The molecule has 0 saturated carbocycles. The molecule has 0 atom stereocenters. The highest BCUT2D eigenvalue weighted by atomic mass is 16.5. The van der Waals surface area contributed by atoms with E-state index in [1.165, 1.54) is 0 Å². The Kier molecular flexibility index (Phi) is 5.55. The standard InChI is InChI=1S/C16H20N2O4/c1-11-15(12(2)22-18-11)10-21-14-6-4-13(5-7-14)16(20)17-8-3-9-19/h4-7,19H,3,8-10H2,1-2H3,(H,17,20). The smallest absolute Gasteiger partial charge is 0.251 e. The van der Waals surface area contributed by atoms with Crippen LogP contribution in [-0.2, 0) is 6.61 Å². The molecule has 0 spiro atoms. The summed E-state index contributed by atoms with van der Waals surface area (Å²) >= 11 is 0. The Morgan fingerprint density at radius 1 is 1.32 bits per heavy atom. The van der Waals surface area contributed by atoms with Crippen molar-refractivity contribution in [2.24, 2.45) is 0 Å². The van der Waals surface area contributed by atoms with E-state index in [1.807, 2.05) is 13.8 Å². The lowest BCUT2D eigenvalue weighted by Gasteiger charge is -2.07. The van der Waals surface area contributed by atoms with Gasteiger partial charge in [-0.3, -0.25) is 4.79 Å². The Labute approximate surface area is 129 Å². The summed E-state index contributed by atoms with van der Waals surface area (Å²) in [7, 11) is 0. The second kappa shape index (κ2) is 7.61. The first kappa shape index (κ1) is 16.0. The highest BCUT2D eigenvalue weighted by Gasteiger charge is 2.10. The van der Waals surface area contributed by atoms with E-state index in [9.17, 15) is 4.79 Å². The molecule has 6 heteroatoms. The van der Waals surface area contributed by atoms with Crippen LogP contribution in [0.2, 0.25) is 0 Å². The van der Waals surface area contributed by atoms with Gasteiger partial charge in [0.1, 0.15) is 18.1 Å². The fraction of sp³-hybridized carbons (Fsp3) is 0.375. The number of nitrogens with zero attached hydrogens (tertiary/aromatic N) is 1. The summed E-state index contributed by atoms with van der Waals surface area (Å²) < 4.78 is 10.8. The maximum absolute atomic E-state index is 11.8. The van der Waals surface area contributed by atoms with Crippen molar-refractivity contribution in [1.29, 1.82) is 0 Å². The van der Waals surface area contributed by atoms with Gasteiger partial charge in [-0.25, -0.2) is 0 Å². The average Bonchev–Trinajstić information content (AvgIpc) is 2.84. The van der Waals surface area contributed by atoms with E-state index in [2.05, 4.69) is 10.5 Å². The van der Waals surface area contributed by atoms with Crippen LogP contribution >= 0.6 is 0 Å². The van der Waals surface area contributed by atoms with Gasteiger partial charge in [0.05, 0.1) is 11.3 Å². The van der Waals surface area contributed by atoms with E-state index >= 15 is 0 Å². The second-order valence-electron chi connectivity index (χ2n) is 4.95. The van der Waals surface area contributed by atoms with Crippen LogP contribution < -0.4 is 10.1 Å². The van der Waals surface area contributed by atoms with E-state index in [0.29, 0.717) is 30.9 Å². The normalized spacial score (nSPS) is 10.5. The third kappa shape index (κ3) is 4.08. The predicted octanol–water partition coefficient (Wildman–Crippen LogP) is 1.98. The summed E-state index contributed by atoms with van der Waals surface area (Å²) in [5, 5.41) is 15.3. The van der Waals surface area contributed by atoms with Gasteiger partial charge in [-0.05, 0) is 44.5 Å². The van der Waals surface area contributed by atoms with Gasteiger partial charge in [-0.15, -0.1) is 0 Å². The number of aliphatic hydroxyl groups excluding tert-OH is 1. The number of ether oxygens (including phenoxy) is 1. The molecule has 1 heterocycles. The molecular weight excluding hydrogens is 284 g/mol. The van der Waals surface area contributed by atoms with Gasteiger partial charge in [-0.1, -0.05) is 5.16 Å². The molecule has 1 aromatic heterocycles. The van der Waals surface area contributed by atoms with Crippen LogP contribution in [-0.4, -0.2) is 29.3 Å². The molecule has 0 aliphatic heterocycles. The zero-order valence-corrected chi connectivity index (χ0v) is 12.8. The topological polar surface area (TPSA) is 84.6 Å². The summed E-state index contributed by atoms with van der Waals surface area (Å²) in [5.74, 6) is 1.26. The van der Waals surface area contributed by atoms with E-state index in [1.54, 1.807) is 24.3 Å². The van der Waals surface area contributed by atoms with Crippen LogP contribution in [0.1, 0.15) is 33.8 Å². The maximum Gasteiger partial charge on any atom is 0.251 e. The van der Waals surface area contributed by atoms with Crippen LogP contribution in [0, 0.1) is 13.8 Å². The molecule has 2 rings (SSSR count). The SMILES string of the molecule is Cc1noc(C)c1COc1ccc(C(=O)NCCCO)cc1. The van der Waals surface area contributed by atoms with Gasteiger partial charge in [-0.2, -0.15) is 0 Å². The molecule has 2 N–H and O–H groups in total. The monoisotopic (exact) mass is 304 g/mol. The number of hydrogen-bond acceptors (Lipinski definition) is 5. The maximum atomic E-state index is 11.8. The minimum absolute atomic E-state index is 0.0642. The van der Waals surface area contributed by atoms with Crippen molar-refractivity contribution in [3.8, 4) is 5.75 Å². The Bertz CT molecular complexity index is 600. The van der Waals surface area contributed by atoms with Crippen molar-refractivity contribution in [1.82, 2.24) is 10.5 Å². The molecule has 0 radical (unpaired) electrons. The summed E-state index contributed by atoms with van der Waals surface area (Å²) in [4.78, 5) is 11.8. The Hall–Kier alpha value is -2.34. The number of carbonyl (C=O) groups excluding carboxylic acids is 1. The summed E-state index contributed by atoms with van der Waals surface area (Å²) in [6, 6.07) is 6.91. The average molecular weight is 304 g/mol. The van der Waals surface area contributed by atoms with Crippen molar-refractivity contribution in [2.75, 3.05) is 13.2 Å². The van der Waals surface area contributed by atoms with Gasteiger partial charge >= 0.3 is 0 Å². The van der Waals surface area contributed by atoms with E-state index in [0.717, 1.165) is 17.0 Å². The van der Waals surface area contributed by atoms with Crippen LogP contribution in [0.25, 0.3) is 0 Å². The zero-order valence-electron chi connectivity index (χ0n) is 12.8. The number of benzene rings is 1. The summed E-state index contributed by atoms with van der Waals surface area (Å²) in [6.45, 7) is 4.62. The number of amides is 1. The molecule has 118 valence electrons. The number of carbonyl (C=O) groups is 1. The Morgan fingerprint density at radius 3 is 2.64 bits per heavy atom. The third-order valence-electron chi connectivity index (χ3n) is 3.30. The predicted molar refractivity (Wildman–Crippen MR) is 80.8 cm³/mol. The Balaban J connectivity index is 1.90. The highest BCUT2D eigenvalue weighted by molar-refractivity contribution is 5.94. The van der Waals surface area contributed by atoms with E-state index < -0.39 is 0 Å². The quantitative estimate of drug-likeness (QED) is 0.764. The van der Waals surface area contributed by atoms with Crippen LogP contribution in [0.3, 0.4) is 0 Å². The molecular formula is C16H20N2O4. The molecule has 0 bridgehead atoms. The van der Waals surface area contributed by atoms with Gasteiger partial charge in [0, 0.05) is 18.7 Å². The molecule has 0 unspecified atom stereocenters. The minimum Gasteiger partial charge on any atom is -0.489 e. The molecule has 0 fully saturated rings. The number of aryl methyl sites for hydroxylation is 2. The minimum atomic E-state index is -0.161.